The highest BCUT2D eigenvalue weighted by atomic mass is 19.1. The van der Waals surface area contributed by atoms with Gasteiger partial charge in [0.05, 0.1) is 11.6 Å². The van der Waals surface area contributed by atoms with E-state index in [1.807, 2.05) is 16.8 Å². The number of aromatic nitrogens is 2. The molecule has 1 atom stereocenters. The molecule has 0 unspecified atom stereocenters. The number of amides is 1. The maximum atomic E-state index is 13.5. The van der Waals surface area contributed by atoms with E-state index >= 15 is 0 Å². The molecule has 1 aromatic rings. The molecule has 0 aliphatic carbocycles. The zero-order valence-electron chi connectivity index (χ0n) is 12.4. The maximum Gasteiger partial charge on any atom is 0.230 e. The zero-order valence-corrected chi connectivity index (χ0v) is 12.4. The Kier molecular flexibility index (Phi) is 3.43. The summed E-state index contributed by atoms with van der Waals surface area (Å²) in [5, 5.41) is 2.72. The van der Waals surface area contributed by atoms with Crippen molar-refractivity contribution in [2.24, 2.45) is 5.41 Å². The van der Waals surface area contributed by atoms with Crippen LogP contribution >= 0.6 is 0 Å². The molecular weight excluding hydrogens is 273 g/mol. The van der Waals surface area contributed by atoms with Crippen molar-refractivity contribution in [1.29, 1.82) is 0 Å². The second kappa shape index (κ2) is 5.13. The molecule has 2 saturated heterocycles. The molecule has 0 bridgehead atoms. The van der Waals surface area contributed by atoms with Crippen LogP contribution < -0.4 is 10.2 Å². The van der Waals surface area contributed by atoms with Gasteiger partial charge >= 0.3 is 0 Å². The summed E-state index contributed by atoms with van der Waals surface area (Å²) in [5.41, 5.74) is -0.315. The van der Waals surface area contributed by atoms with Gasteiger partial charge in [-0.3, -0.25) is 4.79 Å². The van der Waals surface area contributed by atoms with Gasteiger partial charge in [-0.2, -0.15) is 4.98 Å². The number of piperidine rings is 1. The number of hydrogen-bond acceptors (Lipinski definition) is 5. The number of halogens is 1. The first kappa shape index (κ1) is 14.0. The van der Waals surface area contributed by atoms with E-state index in [4.69, 9.17) is 0 Å². The van der Waals surface area contributed by atoms with Crippen LogP contribution in [0.15, 0.2) is 6.20 Å². The molecule has 1 aromatic heterocycles. The fourth-order valence-electron chi connectivity index (χ4n) is 3.38. The number of hydrogen-bond donors (Lipinski definition) is 1. The summed E-state index contributed by atoms with van der Waals surface area (Å²) >= 11 is 0. The lowest BCUT2D eigenvalue weighted by atomic mass is 9.78. The van der Waals surface area contributed by atoms with Gasteiger partial charge in [-0.25, -0.2) is 9.37 Å². The van der Waals surface area contributed by atoms with E-state index in [0.717, 1.165) is 32.4 Å². The SMILES string of the molecule is CNc1nc(N2CC[C@]3(CCCN(C)C3=O)C2)ncc1F. The summed E-state index contributed by atoms with van der Waals surface area (Å²) in [5.74, 6) is 0.419. The molecule has 0 aromatic carbocycles. The Balaban J connectivity index is 1.82. The molecule has 1 amide bonds. The van der Waals surface area contributed by atoms with Crippen molar-refractivity contribution in [1.82, 2.24) is 14.9 Å². The average Bonchev–Trinajstić information content (AvgIpc) is 2.90. The molecule has 3 rings (SSSR count). The second-order valence-corrected chi connectivity index (χ2v) is 5.90. The van der Waals surface area contributed by atoms with E-state index in [2.05, 4.69) is 15.3 Å². The summed E-state index contributed by atoms with van der Waals surface area (Å²) in [6.07, 6.45) is 3.93. The van der Waals surface area contributed by atoms with E-state index in [1.165, 1.54) is 6.20 Å². The number of carbonyl (C=O) groups excluding carboxylic acids is 1. The fourth-order valence-corrected chi connectivity index (χ4v) is 3.38. The molecule has 1 N–H and O–H groups in total. The third kappa shape index (κ3) is 2.30. The van der Waals surface area contributed by atoms with Crippen LogP contribution in [0.3, 0.4) is 0 Å². The van der Waals surface area contributed by atoms with Crippen molar-refractivity contribution in [2.75, 3.05) is 43.9 Å². The minimum absolute atomic E-state index is 0.188. The van der Waals surface area contributed by atoms with Crippen LogP contribution in [0.2, 0.25) is 0 Å². The fraction of sp³-hybridized carbons (Fsp3) is 0.643. The van der Waals surface area contributed by atoms with Gasteiger partial charge in [0.2, 0.25) is 11.9 Å². The molecule has 2 aliphatic rings. The molecule has 1 spiro atoms. The van der Waals surface area contributed by atoms with E-state index in [1.54, 1.807) is 7.05 Å². The van der Waals surface area contributed by atoms with Crippen molar-refractivity contribution < 1.29 is 9.18 Å². The Morgan fingerprint density at radius 1 is 1.38 bits per heavy atom. The van der Waals surface area contributed by atoms with E-state index in [9.17, 15) is 9.18 Å². The first-order chi connectivity index (χ1) is 10.1. The molecule has 7 heteroatoms. The molecule has 0 radical (unpaired) electrons. The Bertz CT molecular complexity index is 566. The van der Waals surface area contributed by atoms with E-state index in [-0.39, 0.29) is 17.1 Å². The Labute approximate surface area is 123 Å². The average molecular weight is 293 g/mol. The van der Waals surface area contributed by atoms with E-state index in [0.29, 0.717) is 12.5 Å². The molecule has 6 nitrogen and oxygen atoms in total. The van der Waals surface area contributed by atoms with Gasteiger partial charge in [0.25, 0.3) is 0 Å². The Morgan fingerprint density at radius 2 is 2.19 bits per heavy atom. The third-order valence-electron chi connectivity index (χ3n) is 4.55. The normalized spacial score (nSPS) is 25.8. The number of rotatable bonds is 2. The predicted octanol–water partition coefficient (Wildman–Crippen LogP) is 1.11. The predicted molar refractivity (Wildman–Crippen MR) is 77.7 cm³/mol. The standard InChI is InChI=1S/C14H20FN5O/c1-16-11-10(15)8-17-13(18-11)20-7-5-14(9-20)4-3-6-19(2)12(14)21/h8H,3-7,9H2,1-2H3,(H,16,17,18)/t14-/m1/s1. The molecule has 2 fully saturated rings. The van der Waals surface area contributed by atoms with Crippen LogP contribution in [0.1, 0.15) is 19.3 Å². The minimum Gasteiger partial charge on any atom is -0.371 e. The van der Waals surface area contributed by atoms with Gasteiger partial charge in [-0.15, -0.1) is 0 Å². The Morgan fingerprint density at radius 3 is 2.95 bits per heavy atom. The number of nitrogens with one attached hydrogen (secondary N) is 1. The number of anilines is 2. The topological polar surface area (TPSA) is 61.4 Å². The number of likely N-dealkylation sites (tertiary alicyclic amines) is 1. The lowest BCUT2D eigenvalue weighted by molar-refractivity contribution is -0.143. The smallest absolute Gasteiger partial charge is 0.230 e. The van der Waals surface area contributed by atoms with Crippen molar-refractivity contribution in [2.45, 2.75) is 19.3 Å². The highest BCUT2D eigenvalue weighted by Gasteiger charge is 2.48. The van der Waals surface area contributed by atoms with Crippen molar-refractivity contribution in [3.05, 3.63) is 12.0 Å². The summed E-state index contributed by atoms with van der Waals surface area (Å²) < 4.78 is 13.5. The molecule has 3 heterocycles. The van der Waals surface area contributed by atoms with Crippen LogP contribution in [0, 0.1) is 11.2 Å². The molecule has 2 aliphatic heterocycles. The zero-order chi connectivity index (χ0) is 15.0. The van der Waals surface area contributed by atoms with E-state index < -0.39 is 5.82 Å². The minimum atomic E-state index is -0.469. The first-order valence-corrected chi connectivity index (χ1v) is 7.26. The molecule has 0 saturated carbocycles. The first-order valence-electron chi connectivity index (χ1n) is 7.26. The highest BCUT2D eigenvalue weighted by molar-refractivity contribution is 5.84. The lowest BCUT2D eigenvalue weighted by Gasteiger charge is -2.37. The molecule has 21 heavy (non-hydrogen) atoms. The van der Waals surface area contributed by atoms with Crippen LogP contribution in [-0.4, -0.2) is 54.5 Å². The van der Waals surface area contributed by atoms with Crippen molar-refractivity contribution in [3.63, 3.8) is 0 Å². The largest absolute Gasteiger partial charge is 0.371 e. The second-order valence-electron chi connectivity index (χ2n) is 5.90. The molecular formula is C14H20FN5O. The summed E-state index contributed by atoms with van der Waals surface area (Å²) in [7, 11) is 3.49. The van der Waals surface area contributed by atoms with Gasteiger partial charge in [0.15, 0.2) is 11.6 Å². The lowest BCUT2D eigenvalue weighted by Crippen LogP contribution is -2.48. The van der Waals surface area contributed by atoms with Crippen LogP contribution in [-0.2, 0) is 4.79 Å². The summed E-state index contributed by atoms with van der Waals surface area (Å²) in [6, 6.07) is 0. The monoisotopic (exact) mass is 293 g/mol. The maximum absolute atomic E-state index is 13.5. The Hall–Kier alpha value is -1.92. The summed E-state index contributed by atoms with van der Waals surface area (Å²) in [4.78, 5) is 24.6. The quantitative estimate of drug-likeness (QED) is 0.885. The van der Waals surface area contributed by atoms with Crippen molar-refractivity contribution >= 4 is 17.7 Å². The summed E-state index contributed by atoms with van der Waals surface area (Å²) in [6.45, 7) is 2.18. The van der Waals surface area contributed by atoms with Gasteiger partial charge in [-0.05, 0) is 19.3 Å². The van der Waals surface area contributed by atoms with Crippen LogP contribution in [0.4, 0.5) is 16.2 Å². The number of nitrogens with zero attached hydrogens (tertiary/aromatic N) is 4. The van der Waals surface area contributed by atoms with Crippen LogP contribution in [0.5, 0.6) is 0 Å². The van der Waals surface area contributed by atoms with Crippen molar-refractivity contribution in [3.8, 4) is 0 Å². The number of carbonyl (C=O) groups is 1. The molecule has 114 valence electrons. The van der Waals surface area contributed by atoms with Gasteiger partial charge in [0, 0.05) is 33.7 Å². The highest BCUT2D eigenvalue weighted by Crippen LogP contribution is 2.40. The van der Waals surface area contributed by atoms with Gasteiger partial charge < -0.3 is 15.1 Å². The third-order valence-corrected chi connectivity index (χ3v) is 4.55. The van der Waals surface area contributed by atoms with Crippen LogP contribution in [0.25, 0.3) is 0 Å². The van der Waals surface area contributed by atoms with Gasteiger partial charge in [0.1, 0.15) is 0 Å². The van der Waals surface area contributed by atoms with Gasteiger partial charge in [-0.1, -0.05) is 0 Å².